The number of phenols is 2. The van der Waals surface area contributed by atoms with Gasteiger partial charge >= 0.3 is 0 Å². The highest BCUT2D eigenvalue weighted by Crippen LogP contribution is 2.28. The van der Waals surface area contributed by atoms with Gasteiger partial charge in [-0.3, -0.25) is 9.97 Å². The molecule has 2 aromatic heterocycles. The molecule has 0 aliphatic carbocycles. The van der Waals surface area contributed by atoms with Gasteiger partial charge in [0.1, 0.15) is 11.5 Å². The van der Waals surface area contributed by atoms with Crippen molar-refractivity contribution < 1.29 is 15.7 Å². The Morgan fingerprint density at radius 3 is 1.27 bits per heavy atom. The van der Waals surface area contributed by atoms with E-state index in [0.29, 0.717) is 0 Å². The zero-order chi connectivity index (χ0) is 30.2. The normalized spacial score (nSPS) is 10.2. The number of phenolic OH excluding ortho intramolecular Hbond substituents is 2. The van der Waals surface area contributed by atoms with Gasteiger partial charge in [0.2, 0.25) is 0 Å². The summed E-state index contributed by atoms with van der Waals surface area (Å²) in [6.07, 6.45) is 15.6. The van der Waals surface area contributed by atoms with Crippen LogP contribution < -0.4 is 10.6 Å². The van der Waals surface area contributed by atoms with Crippen LogP contribution in [-0.2, 0) is 0 Å². The Balaban J connectivity index is 0.000000807. The Kier molecular flexibility index (Phi) is 22.3. The number of hydrogen-bond acceptors (Lipinski definition) is 6. The van der Waals surface area contributed by atoms with Crippen molar-refractivity contribution in [1.29, 1.82) is 0 Å². The Morgan fingerprint density at radius 2 is 0.889 bits per heavy atom. The highest BCUT2D eigenvalue weighted by atomic mass is 79.9. The molecule has 4 rings (SSSR count). The van der Waals surface area contributed by atoms with Gasteiger partial charge in [-0.1, -0.05) is 78.1 Å². The van der Waals surface area contributed by atoms with Crippen molar-refractivity contribution in [1.82, 2.24) is 9.97 Å². The number of pyridine rings is 2. The molecule has 7 nitrogen and oxygen atoms in total. The highest BCUT2D eigenvalue weighted by molar-refractivity contribution is 8.93. The van der Waals surface area contributed by atoms with Crippen LogP contribution >= 0.6 is 34.0 Å². The lowest BCUT2D eigenvalue weighted by Gasteiger charge is -2.11. The lowest BCUT2D eigenvalue weighted by Crippen LogP contribution is -2.03. The molecular formula is C36H56Br2N4O3. The van der Waals surface area contributed by atoms with E-state index in [1.807, 2.05) is 26.0 Å². The first kappa shape index (κ1) is 42.4. The van der Waals surface area contributed by atoms with E-state index in [1.165, 1.54) is 77.0 Å². The second-order valence-corrected chi connectivity index (χ2v) is 11.4. The largest absolute Gasteiger partial charge is 0.508 e. The number of fused-ring (bicyclic) bond motifs is 2. The molecule has 9 heteroatoms. The van der Waals surface area contributed by atoms with Gasteiger partial charge < -0.3 is 26.3 Å². The number of aryl methyl sites for hydroxylation is 2. The third-order valence-corrected chi connectivity index (χ3v) is 7.53. The maximum absolute atomic E-state index is 9.66. The number of aromatic hydroxyl groups is 2. The fraction of sp³-hybridized carbons (Fsp3) is 0.500. The van der Waals surface area contributed by atoms with Crippen LogP contribution in [0.2, 0.25) is 0 Å². The third kappa shape index (κ3) is 15.0. The van der Waals surface area contributed by atoms with Gasteiger partial charge in [0.05, 0.1) is 11.0 Å². The van der Waals surface area contributed by atoms with Crippen molar-refractivity contribution in [3.8, 4) is 11.5 Å². The van der Waals surface area contributed by atoms with Crippen molar-refractivity contribution in [2.45, 2.75) is 105 Å². The maximum Gasteiger partial charge on any atom is 0.116 e. The summed E-state index contributed by atoms with van der Waals surface area (Å²) in [4.78, 5) is 9.01. The lowest BCUT2D eigenvalue weighted by molar-refractivity contribution is 0.475. The zero-order valence-corrected chi connectivity index (χ0v) is 31.0. The minimum Gasteiger partial charge on any atom is -0.508 e. The van der Waals surface area contributed by atoms with Crippen LogP contribution in [0, 0.1) is 13.8 Å². The molecule has 0 unspecified atom stereocenters. The van der Waals surface area contributed by atoms with Crippen molar-refractivity contribution in [2.24, 2.45) is 0 Å². The second kappa shape index (κ2) is 23.7. The van der Waals surface area contributed by atoms with E-state index >= 15 is 0 Å². The average molecular weight is 753 g/mol. The second-order valence-electron chi connectivity index (χ2n) is 11.4. The van der Waals surface area contributed by atoms with Gasteiger partial charge in [0.25, 0.3) is 0 Å². The van der Waals surface area contributed by atoms with E-state index in [0.717, 1.165) is 57.7 Å². The summed E-state index contributed by atoms with van der Waals surface area (Å²) in [6.45, 7) is 10.4. The highest BCUT2D eigenvalue weighted by Gasteiger charge is 2.06. The molecule has 4 aromatic rings. The quantitative estimate of drug-likeness (QED) is 0.0846. The topological polar surface area (TPSA) is 122 Å². The molecule has 0 radical (unpaired) electrons. The molecule has 0 aliphatic heterocycles. The Hall–Kier alpha value is -2.62. The Morgan fingerprint density at radius 1 is 0.533 bits per heavy atom. The number of anilines is 2. The standard InChI is InChI=1S/2C18H26N2O.2BrH.H2O/c2*1-3-4-5-6-7-8-11-19-18-12-14(2)20-17-10-9-15(21)13-16(17)18;;;/h2*9-10,12-13,21H,3-8,11H2,1-2H3,(H,19,20);2*1H;1H2. The van der Waals surface area contributed by atoms with Crippen molar-refractivity contribution in [2.75, 3.05) is 23.7 Å². The fourth-order valence-corrected chi connectivity index (χ4v) is 5.24. The van der Waals surface area contributed by atoms with Crippen LogP contribution in [0.25, 0.3) is 21.8 Å². The molecule has 45 heavy (non-hydrogen) atoms. The van der Waals surface area contributed by atoms with E-state index in [1.54, 1.807) is 24.3 Å². The van der Waals surface area contributed by atoms with Crippen LogP contribution in [0.5, 0.6) is 11.5 Å². The summed E-state index contributed by atoms with van der Waals surface area (Å²) in [7, 11) is 0. The summed E-state index contributed by atoms with van der Waals surface area (Å²) in [5, 5.41) is 28.3. The number of unbranched alkanes of at least 4 members (excludes halogenated alkanes) is 10. The van der Waals surface area contributed by atoms with E-state index in [-0.39, 0.29) is 50.9 Å². The van der Waals surface area contributed by atoms with Crippen LogP contribution in [-0.4, -0.2) is 38.7 Å². The van der Waals surface area contributed by atoms with Crippen LogP contribution in [0.4, 0.5) is 11.4 Å². The summed E-state index contributed by atoms with van der Waals surface area (Å²) in [5.74, 6) is 0.575. The molecule has 0 bridgehead atoms. The minimum atomic E-state index is 0. The first-order valence-electron chi connectivity index (χ1n) is 16.1. The summed E-state index contributed by atoms with van der Waals surface area (Å²) in [5.41, 5.74) is 6.00. The first-order chi connectivity index (χ1) is 20.4. The molecule has 0 saturated carbocycles. The lowest BCUT2D eigenvalue weighted by atomic mass is 10.1. The predicted octanol–water partition coefficient (Wildman–Crippen LogP) is 10.4. The monoisotopic (exact) mass is 750 g/mol. The number of nitrogens with zero attached hydrogens (tertiary/aromatic N) is 2. The van der Waals surface area contributed by atoms with E-state index in [2.05, 4.69) is 46.6 Å². The SMILES string of the molecule is Br.Br.CCCCCCCCNc1cc(C)nc2ccc(O)cc12.CCCCCCCCNc1cc(C)nc2ccc(O)cc12.O. The minimum absolute atomic E-state index is 0. The fourth-order valence-electron chi connectivity index (χ4n) is 5.24. The molecular weight excluding hydrogens is 696 g/mol. The molecule has 2 aromatic carbocycles. The van der Waals surface area contributed by atoms with E-state index in [9.17, 15) is 10.2 Å². The van der Waals surface area contributed by atoms with Crippen molar-refractivity contribution >= 4 is 67.1 Å². The number of benzene rings is 2. The molecule has 0 aliphatic rings. The van der Waals surface area contributed by atoms with Gasteiger partial charge in [0, 0.05) is 46.6 Å². The first-order valence-corrected chi connectivity index (χ1v) is 16.1. The smallest absolute Gasteiger partial charge is 0.116 e. The van der Waals surface area contributed by atoms with Crippen LogP contribution in [0.1, 0.15) is 102 Å². The molecule has 6 N–H and O–H groups in total. The van der Waals surface area contributed by atoms with Crippen LogP contribution in [0.3, 0.4) is 0 Å². The number of aromatic nitrogens is 2. The molecule has 0 saturated heterocycles. The van der Waals surface area contributed by atoms with Gasteiger partial charge in [-0.15, -0.1) is 34.0 Å². The molecule has 0 amide bonds. The predicted molar refractivity (Wildman–Crippen MR) is 204 cm³/mol. The molecule has 252 valence electrons. The Bertz CT molecular complexity index is 1280. The number of halogens is 2. The van der Waals surface area contributed by atoms with E-state index in [4.69, 9.17) is 0 Å². The van der Waals surface area contributed by atoms with Crippen LogP contribution in [0.15, 0.2) is 48.5 Å². The summed E-state index contributed by atoms with van der Waals surface area (Å²) < 4.78 is 0. The summed E-state index contributed by atoms with van der Waals surface area (Å²) >= 11 is 0. The van der Waals surface area contributed by atoms with Gasteiger partial charge in [-0.05, 0) is 75.2 Å². The third-order valence-electron chi connectivity index (χ3n) is 7.53. The summed E-state index contributed by atoms with van der Waals surface area (Å²) in [6, 6.07) is 14.8. The average Bonchev–Trinajstić information content (AvgIpc) is 2.97. The number of nitrogens with one attached hydrogen (secondary N) is 2. The molecule has 0 atom stereocenters. The zero-order valence-electron chi connectivity index (χ0n) is 27.6. The van der Waals surface area contributed by atoms with Crippen molar-refractivity contribution in [3.63, 3.8) is 0 Å². The molecule has 0 fully saturated rings. The maximum atomic E-state index is 9.66. The van der Waals surface area contributed by atoms with Gasteiger partial charge in [0.15, 0.2) is 0 Å². The molecule has 2 heterocycles. The Labute approximate surface area is 291 Å². The number of hydrogen-bond donors (Lipinski definition) is 4. The van der Waals surface area contributed by atoms with Crippen molar-refractivity contribution in [3.05, 3.63) is 59.9 Å². The van der Waals surface area contributed by atoms with E-state index < -0.39 is 0 Å². The van der Waals surface area contributed by atoms with Gasteiger partial charge in [-0.2, -0.15) is 0 Å². The number of rotatable bonds is 16. The van der Waals surface area contributed by atoms with Gasteiger partial charge in [-0.25, -0.2) is 0 Å². The molecule has 0 spiro atoms.